The number of alkyl carbamates (subject to hydrolysis) is 1. The van der Waals surface area contributed by atoms with Gasteiger partial charge in [-0.25, -0.2) is 14.4 Å². The third-order valence-electron chi connectivity index (χ3n) is 6.53. The lowest BCUT2D eigenvalue weighted by molar-refractivity contribution is -0.144. The number of amides is 3. The van der Waals surface area contributed by atoms with E-state index in [-0.39, 0.29) is 116 Å². The summed E-state index contributed by atoms with van der Waals surface area (Å²) in [4.78, 5) is 83.6. The molecule has 0 fully saturated rings. The molecule has 0 radical (unpaired) electrons. The number of nitrogens with two attached hydrogens (primary N) is 1. The van der Waals surface area contributed by atoms with Gasteiger partial charge in [0, 0.05) is 21.8 Å². The van der Waals surface area contributed by atoms with Crippen molar-refractivity contribution in [1.29, 1.82) is 0 Å². The first kappa shape index (κ1) is 58.0. The van der Waals surface area contributed by atoms with Crippen LogP contribution in [0.5, 0.6) is 0 Å². The van der Waals surface area contributed by atoms with E-state index in [4.69, 9.17) is 56.9 Å². The Morgan fingerprint density at radius 1 is 0.696 bits per heavy atom. The minimum Gasteiger partial charge on any atom is -0.467 e. The standard InChI is InChI=1S/C19H23BrCl2N2O6.C14H15BrCl2N2O4.CH4.2H2S/c1-19(2,3)30-18(28)23-9-11(25)5-6-14(17(27)29-4)24-16(26)15-12(21)7-10(20)8-13(15)22;1-23-14(22)11(3-2-8(20)6-18)19-13(21)12-9(16)4-7(15)5-10(12)17;;;/h7-8,14H,5-6,9H2,1-4H3,(H,23,28)(H,24,26);4-5,11H,2-3,6,18H2,1H3,(H,19,21);1H4;2*1H2/t14-;11-;;;/m00.../s1. The number of halogens is 6. The van der Waals surface area contributed by atoms with Crippen molar-refractivity contribution in [3.8, 4) is 0 Å². The van der Waals surface area contributed by atoms with Crippen LogP contribution in [0.1, 0.15) is 74.6 Å². The molecule has 0 aliphatic carbocycles. The molecule has 2 atom stereocenters. The van der Waals surface area contributed by atoms with Crippen molar-refractivity contribution in [2.45, 2.75) is 71.6 Å². The zero-order valence-electron chi connectivity index (χ0n) is 30.1. The summed E-state index contributed by atoms with van der Waals surface area (Å²) in [6.07, 6.45) is -0.761. The Morgan fingerprint density at radius 3 is 1.34 bits per heavy atom. The SMILES string of the molecule is C.COC(=O)[C@H](CCC(=O)CN)NC(=O)c1c(Cl)cc(Br)cc1Cl.COC(=O)[C@H](CCC(=O)CNC(=O)OC(C)(C)C)NC(=O)c1c(Cl)cc(Br)cc1Cl.S.S. The average molecular weight is 1040 g/mol. The van der Waals surface area contributed by atoms with Gasteiger partial charge >= 0.3 is 18.0 Å². The van der Waals surface area contributed by atoms with Gasteiger partial charge in [0.15, 0.2) is 5.78 Å². The third-order valence-corrected chi connectivity index (χ3v) is 8.64. The van der Waals surface area contributed by atoms with Crippen LogP contribution in [0.15, 0.2) is 33.2 Å². The topological polar surface area (TPSA) is 209 Å². The Balaban J connectivity index is -0.000000981. The maximum atomic E-state index is 12.6. The Labute approximate surface area is 376 Å². The summed E-state index contributed by atoms with van der Waals surface area (Å²) in [6, 6.07) is 3.88. The molecular formula is C34H46Br2Cl4N4O10S2. The molecule has 0 saturated carbocycles. The molecule has 0 saturated heterocycles. The first-order chi connectivity index (χ1) is 24.6. The van der Waals surface area contributed by atoms with Gasteiger partial charge in [0.25, 0.3) is 11.8 Å². The number of nitrogens with one attached hydrogen (secondary N) is 3. The van der Waals surface area contributed by atoms with E-state index in [0.717, 1.165) is 7.11 Å². The normalized spacial score (nSPS) is 11.2. The Kier molecular flexibility index (Phi) is 29.2. The lowest BCUT2D eigenvalue weighted by Gasteiger charge is -2.19. The van der Waals surface area contributed by atoms with E-state index >= 15 is 0 Å². The lowest BCUT2D eigenvalue weighted by Crippen LogP contribution is -2.42. The largest absolute Gasteiger partial charge is 0.467 e. The molecule has 2 aromatic carbocycles. The molecule has 0 aliphatic heterocycles. The van der Waals surface area contributed by atoms with Crippen molar-refractivity contribution in [3.63, 3.8) is 0 Å². The molecule has 0 spiro atoms. The molecule has 14 nitrogen and oxygen atoms in total. The minimum absolute atomic E-state index is 0. The van der Waals surface area contributed by atoms with Crippen molar-refractivity contribution in [2.75, 3.05) is 27.3 Å². The van der Waals surface area contributed by atoms with E-state index < -0.39 is 47.5 Å². The Morgan fingerprint density at radius 2 is 1.04 bits per heavy atom. The molecule has 2 aromatic rings. The first-order valence-electron chi connectivity index (χ1n) is 15.4. The predicted octanol–water partition coefficient (Wildman–Crippen LogP) is 7.10. The van der Waals surface area contributed by atoms with Crippen LogP contribution in [0.25, 0.3) is 0 Å². The number of rotatable bonds is 15. The first-order valence-corrected chi connectivity index (χ1v) is 18.5. The van der Waals surface area contributed by atoms with Gasteiger partial charge in [-0.15, -0.1) is 0 Å². The highest BCUT2D eigenvalue weighted by molar-refractivity contribution is 9.10. The van der Waals surface area contributed by atoms with E-state index in [1.807, 2.05) is 0 Å². The number of hydrogen-bond donors (Lipinski definition) is 4. The van der Waals surface area contributed by atoms with Crippen LogP contribution in [-0.4, -0.2) is 86.4 Å². The number of hydrogen-bond acceptors (Lipinski definition) is 11. The monoisotopic (exact) mass is 1030 g/mol. The van der Waals surface area contributed by atoms with Crippen LogP contribution >= 0.6 is 105 Å². The number of methoxy groups -OCH3 is 2. The quantitative estimate of drug-likeness (QED) is 0.105. The van der Waals surface area contributed by atoms with E-state index in [1.165, 1.54) is 31.4 Å². The second-order valence-corrected chi connectivity index (χ2v) is 15.3. The number of carbonyl (C=O) groups is 7. The van der Waals surface area contributed by atoms with Gasteiger partial charge in [0.1, 0.15) is 23.5 Å². The summed E-state index contributed by atoms with van der Waals surface area (Å²) < 4.78 is 15.5. The van der Waals surface area contributed by atoms with Crippen molar-refractivity contribution in [1.82, 2.24) is 16.0 Å². The van der Waals surface area contributed by atoms with Gasteiger partial charge in [-0.2, -0.15) is 27.0 Å². The molecule has 56 heavy (non-hydrogen) atoms. The molecule has 0 unspecified atom stereocenters. The summed E-state index contributed by atoms with van der Waals surface area (Å²) in [5.41, 5.74) is 4.56. The van der Waals surface area contributed by atoms with E-state index in [2.05, 4.69) is 57.3 Å². The van der Waals surface area contributed by atoms with Crippen LogP contribution in [0.4, 0.5) is 4.79 Å². The maximum absolute atomic E-state index is 12.6. The highest BCUT2D eigenvalue weighted by Gasteiger charge is 2.27. The van der Waals surface area contributed by atoms with Crippen molar-refractivity contribution < 1.29 is 47.8 Å². The number of benzene rings is 2. The zero-order chi connectivity index (χ0) is 40.6. The zero-order valence-corrected chi connectivity index (χ0v) is 38.3. The summed E-state index contributed by atoms with van der Waals surface area (Å²) in [6.45, 7) is 4.68. The van der Waals surface area contributed by atoms with Crippen LogP contribution < -0.4 is 21.7 Å². The number of ether oxygens (including phenoxy) is 3. The summed E-state index contributed by atoms with van der Waals surface area (Å²) in [5, 5.41) is 7.73. The van der Waals surface area contributed by atoms with Crippen molar-refractivity contribution >= 4 is 147 Å². The minimum atomic E-state index is -1.11. The molecule has 5 N–H and O–H groups in total. The van der Waals surface area contributed by atoms with Gasteiger partial charge in [0.2, 0.25) is 0 Å². The smallest absolute Gasteiger partial charge is 0.408 e. The molecular weight excluding hydrogens is 990 g/mol. The third kappa shape index (κ3) is 20.9. The van der Waals surface area contributed by atoms with Gasteiger partial charge < -0.3 is 35.9 Å². The summed E-state index contributed by atoms with van der Waals surface area (Å²) in [5.74, 6) is -3.32. The highest BCUT2D eigenvalue weighted by atomic mass is 79.9. The highest BCUT2D eigenvalue weighted by Crippen LogP contribution is 2.30. The molecule has 0 bridgehead atoms. The fourth-order valence-corrected chi connectivity index (χ4v) is 6.81. The second kappa shape index (κ2) is 28.2. The van der Waals surface area contributed by atoms with E-state index in [9.17, 15) is 33.6 Å². The number of carbonyl (C=O) groups excluding carboxylic acids is 7. The van der Waals surface area contributed by atoms with Gasteiger partial charge in [-0.1, -0.05) is 85.7 Å². The van der Waals surface area contributed by atoms with Crippen LogP contribution in [0.2, 0.25) is 20.1 Å². The Bertz CT molecular complexity index is 1660. The fourth-order valence-electron chi connectivity index (χ4n) is 4.05. The molecule has 2 rings (SSSR count). The van der Waals surface area contributed by atoms with E-state index in [0.29, 0.717) is 8.95 Å². The Hall–Kier alpha value is -2.29. The van der Waals surface area contributed by atoms with Crippen LogP contribution in [0.3, 0.4) is 0 Å². The van der Waals surface area contributed by atoms with Crippen molar-refractivity contribution in [3.05, 3.63) is 64.4 Å². The van der Waals surface area contributed by atoms with Crippen molar-refractivity contribution in [2.24, 2.45) is 5.73 Å². The number of Topliss-reactive ketones (excluding diaryl/α,β-unsaturated/α-hetero) is 2. The lowest BCUT2D eigenvalue weighted by atomic mass is 10.1. The molecule has 0 aliphatic rings. The molecule has 22 heteroatoms. The fraction of sp³-hybridized carbons (Fsp3) is 0.441. The van der Waals surface area contributed by atoms with Crippen LogP contribution in [0, 0.1) is 0 Å². The molecule has 316 valence electrons. The predicted molar refractivity (Wildman–Crippen MR) is 234 cm³/mol. The second-order valence-electron chi connectivity index (χ2n) is 11.8. The number of esters is 2. The summed E-state index contributed by atoms with van der Waals surface area (Å²) >= 11 is 30.6. The van der Waals surface area contributed by atoms with Gasteiger partial charge in [-0.3, -0.25) is 19.2 Å². The van der Waals surface area contributed by atoms with Gasteiger partial charge in [0.05, 0.1) is 58.5 Å². The maximum Gasteiger partial charge on any atom is 0.408 e. The molecule has 0 heterocycles. The number of ketones is 2. The van der Waals surface area contributed by atoms with Crippen LogP contribution in [-0.2, 0) is 33.4 Å². The van der Waals surface area contributed by atoms with E-state index in [1.54, 1.807) is 20.8 Å². The molecule has 0 aromatic heterocycles. The average Bonchev–Trinajstić information content (AvgIpc) is 3.05. The molecule has 3 amide bonds. The summed E-state index contributed by atoms with van der Waals surface area (Å²) in [7, 11) is 2.35. The van der Waals surface area contributed by atoms with Gasteiger partial charge in [-0.05, 0) is 57.9 Å².